The van der Waals surface area contributed by atoms with Crippen molar-refractivity contribution in [2.24, 2.45) is 5.41 Å². The van der Waals surface area contributed by atoms with Crippen LogP contribution in [0.25, 0.3) is 0 Å². The molecule has 1 aromatic carbocycles. The first kappa shape index (κ1) is 17.1. The number of hydrogen-bond donors (Lipinski definition) is 1. The van der Waals surface area contributed by atoms with Crippen LogP contribution in [0.1, 0.15) is 16.8 Å². The van der Waals surface area contributed by atoms with Gasteiger partial charge in [-0.05, 0) is 24.6 Å². The summed E-state index contributed by atoms with van der Waals surface area (Å²) < 4.78 is 15.4. The van der Waals surface area contributed by atoms with E-state index in [1.165, 1.54) is 26.2 Å². The predicted octanol–water partition coefficient (Wildman–Crippen LogP) is 1.27. The molecule has 0 saturated carbocycles. The second kappa shape index (κ2) is 6.87. The Bertz CT molecular complexity index is 602. The lowest BCUT2D eigenvalue weighted by atomic mass is 9.88. The van der Waals surface area contributed by atoms with E-state index in [1.807, 2.05) is 0 Å². The molecule has 0 aromatic heterocycles. The van der Waals surface area contributed by atoms with Gasteiger partial charge in [0.2, 0.25) is 0 Å². The van der Waals surface area contributed by atoms with E-state index in [0.29, 0.717) is 30.0 Å². The summed E-state index contributed by atoms with van der Waals surface area (Å²) in [5.41, 5.74) is -0.707. The molecule has 1 aromatic rings. The molecule has 0 aliphatic carbocycles. The Labute approximate surface area is 134 Å². The quantitative estimate of drug-likeness (QED) is 0.848. The van der Waals surface area contributed by atoms with Gasteiger partial charge >= 0.3 is 5.97 Å². The molecule has 1 unspecified atom stereocenters. The number of amides is 1. The fraction of sp³-hybridized carbons (Fsp3) is 0.500. The van der Waals surface area contributed by atoms with E-state index in [0.717, 1.165) is 0 Å². The van der Waals surface area contributed by atoms with Gasteiger partial charge in [0.25, 0.3) is 5.91 Å². The van der Waals surface area contributed by atoms with Crippen molar-refractivity contribution < 1.29 is 28.9 Å². The first-order valence-corrected chi connectivity index (χ1v) is 7.21. The van der Waals surface area contributed by atoms with Crippen LogP contribution in [0.5, 0.6) is 11.5 Å². The lowest BCUT2D eigenvalue weighted by Gasteiger charge is -2.24. The summed E-state index contributed by atoms with van der Waals surface area (Å²) in [6.07, 6.45) is 0.355. The van der Waals surface area contributed by atoms with Crippen molar-refractivity contribution in [3.8, 4) is 11.5 Å². The van der Waals surface area contributed by atoms with Crippen LogP contribution in [-0.4, -0.2) is 62.9 Å². The fourth-order valence-electron chi connectivity index (χ4n) is 2.83. The molecule has 23 heavy (non-hydrogen) atoms. The van der Waals surface area contributed by atoms with Crippen molar-refractivity contribution in [3.05, 3.63) is 23.8 Å². The third-order valence-electron chi connectivity index (χ3n) is 4.15. The Kier molecular flexibility index (Phi) is 5.10. The zero-order chi connectivity index (χ0) is 17.0. The highest BCUT2D eigenvalue weighted by Gasteiger charge is 2.46. The van der Waals surface area contributed by atoms with Crippen molar-refractivity contribution in [3.63, 3.8) is 0 Å². The summed E-state index contributed by atoms with van der Waals surface area (Å²) in [5.74, 6) is -0.266. The SMILES string of the molecule is COCC1(C(=O)O)CCN(C(=O)c2cc(OC)ccc2OC)C1. The molecule has 1 N–H and O–H groups in total. The van der Waals surface area contributed by atoms with Crippen LogP contribution >= 0.6 is 0 Å². The molecule has 1 aliphatic rings. The Morgan fingerprint density at radius 2 is 2.00 bits per heavy atom. The summed E-state index contributed by atoms with van der Waals surface area (Å²) in [4.78, 5) is 25.9. The minimum Gasteiger partial charge on any atom is -0.497 e. The second-order valence-corrected chi connectivity index (χ2v) is 5.56. The fourth-order valence-corrected chi connectivity index (χ4v) is 2.83. The Morgan fingerprint density at radius 1 is 1.26 bits per heavy atom. The van der Waals surface area contributed by atoms with E-state index < -0.39 is 11.4 Å². The van der Waals surface area contributed by atoms with E-state index in [1.54, 1.807) is 18.2 Å². The van der Waals surface area contributed by atoms with Gasteiger partial charge in [-0.25, -0.2) is 0 Å². The molecule has 0 radical (unpaired) electrons. The van der Waals surface area contributed by atoms with Gasteiger partial charge in [-0.15, -0.1) is 0 Å². The van der Waals surface area contributed by atoms with Crippen molar-refractivity contribution in [2.75, 3.05) is 41.0 Å². The Morgan fingerprint density at radius 3 is 2.57 bits per heavy atom. The number of hydrogen-bond acceptors (Lipinski definition) is 5. The van der Waals surface area contributed by atoms with E-state index in [9.17, 15) is 14.7 Å². The summed E-state index contributed by atoms with van der Waals surface area (Å²) in [5, 5.41) is 9.49. The van der Waals surface area contributed by atoms with Gasteiger partial charge in [-0.1, -0.05) is 0 Å². The van der Waals surface area contributed by atoms with Gasteiger partial charge in [0.05, 0.1) is 26.4 Å². The molecule has 1 heterocycles. The molecule has 7 nitrogen and oxygen atoms in total. The highest BCUT2D eigenvalue weighted by Crippen LogP contribution is 2.34. The third-order valence-corrected chi connectivity index (χ3v) is 4.15. The van der Waals surface area contributed by atoms with Crippen LogP contribution in [0.4, 0.5) is 0 Å². The maximum absolute atomic E-state index is 12.8. The summed E-state index contributed by atoms with van der Waals surface area (Å²) in [6.45, 7) is 0.533. The van der Waals surface area contributed by atoms with Crippen molar-refractivity contribution >= 4 is 11.9 Å². The molecule has 0 bridgehead atoms. The topological polar surface area (TPSA) is 85.3 Å². The number of benzene rings is 1. The zero-order valence-corrected chi connectivity index (χ0v) is 13.5. The normalized spacial score (nSPS) is 20.4. The number of carbonyl (C=O) groups excluding carboxylic acids is 1. The lowest BCUT2D eigenvalue weighted by molar-refractivity contribution is -0.151. The van der Waals surface area contributed by atoms with Gasteiger partial charge < -0.3 is 24.2 Å². The van der Waals surface area contributed by atoms with Gasteiger partial charge in [-0.2, -0.15) is 0 Å². The third kappa shape index (κ3) is 3.24. The lowest BCUT2D eigenvalue weighted by Crippen LogP contribution is -2.40. The number of ether oxygens (including phenoxy) is 3. The van der Waals surface area contributed by atoms with Crippen molar-refractivity contribution in [2.45, 2.75) is 6.42 Å². The van der Waals surface area contributed by atoms with E-state index in [-0.39, 0.29) is 19.1 Å². The highest BCUT2D eigenvalue weighted by molar-refractivity contribution is 5.98. The number of aliphatic carboxylic acids is 1. The average molecular weight is 323 g/mol. The number of carbonyl (C=O) groups is 2. The molecule has 1 aliphatic heterocycles. The number of rotatable bonds is 6. The summed E-state index contributed by atoms with van der Waals surface area (Å²) in [7, 11) is 4.45. The highest BCUT2D eigenvalue weighted by atomic mass is 16.5. The molecular formula is C16H21NO6. The Balaban J connectivity index is 2.27. The molecule has 0 spiro atoms. The van der Waals surface area contributed by atoms with Crippen LogP contribution in [0.15, 0.2) is 18.2 Å². The standard InChI is InChI=1S/C16H21NO6/c1-21-10-16(15(19)20)6-7-17(9-16)14(18)12-8-11(22-2)4-5-13(12)23-3/h4-5,8H,6-7,9-10H2,1-3H3,(H,19,20). The predicted molar refractivity (Wildman–Crippen MR) is 82.0 cm³/mol. The number of carboxylic acid groups (broad SMARTS) is 1. The first-order valence-electron chi connectivity index (χ1n) is 7.21. The van der Waals surface area contributed by atoms with Crippen LogP contribution in [0, 0.1) is 5.41 Å². The van der Waals surface area contributed by atoms with Gasteiger partial charge in [0.1, 0.15) is 16.9 Å². The van der Waals surface area contributed by atoms with Crippen LogP contribution in [0.2, 0.25) is 0 Å². The largest absolute Gasteiger partial charge is 0.497 e. The molecule has 1 saturated heterocycles. The minimum atomic E-state index is -1.06. The smallest absolute Gasteiger partial charge is 0.313 e. The summed E-state index contributed by atoms with van der Waals surface area (Å²) in [6, 6.07) is 4.95. The molecule has 1 fully saturated rings. The molecule has 1 amide bonds. The first-order chi connectivity index (χ1) is 11.0. The van der Waals surface area contributed by atoms with Crippen LogP contribution in [-0.2, 0) is 9.53 Å². The monoisotopic (exact) mass is 323 g/mol. The molecule has 7 heteroatoms. The molecule has 2 rings (SSSR count). The molecule has 1 atom stereocenters. The zero-order valence-electron chi connectivity index (χ0n) is 13.5. The minimum absolute atomic E-state index is 0.0708. The molecular weight excluding hydrogens is 302 g/mol. The molecule has 126 valence electrons. The van der Waals surface area contributed by atoms with Gasteiger partial charge in [-0.3, -0.25) is 9.59 Å². The maximum Gasteiger partial charge on any atom is 0.313 e. The maximum atomic E-state index is 12.8. The Hall–Kier alpha value is -2.28. The van der Waals surface area contributed by atoms with E-state index in [2.05, 4.69) is 0 Å². The number of nitrogens with zero attached hydrogens (tertiary/aromatic N) is 1. The number of methoxy groups -OCH3 is 3. The van der Waals surface area contributed by atoms with E-state index in [4.69, 9.17) is 14.2 Å². The van der Waals surface area contributed by atoms with Crippen molar-refractivity contribution in [1.29, 1.82) is 0 Å². The van der Waals surface area contributed by atoms with E-state index >= 15 is 0 Å². The average Bonchev–Trinajstić information content (AvgIpc) is 2.99. The summed E-state index contributed by atoms with van der Waals surface area (Å²) >= 11 is 0. The van der Waals surface area contributed by atoms with Crippen LogP contribution in [0.3, 0.4) is 0 Å². The van der Waals surface area contributed by atoms with Gasteiger partial charge in [0.15, 0.2) is 0 Å². The van der Waals surface area contributed by atoms with Crippen molar-refractivity contribution in [1.82, 2.24) is 4.90 Å². The number of likely N-dealkylation sites (tertiary alicyclic amines) is 1. The second-order valence-electron chi connectivity index (χ2n) is 5.56. The van der Waals surface area contributed by atoms with Gasteiger partial charge in [0, 0.05) is 20.2 Å². The van der Waals surface area contributed by atoms with Crippen LogP contribution < -0.4 is 9.47 Å². The number of carboxylic acids is 1.